The summed E-state index contributed by atoms with van der Waals surface area (Å²) in [7, 11) is 1.84. The number of carbonyl (C=O) groups is 1. The first-order valence-corrected chi connectivity index (χ1v) is 6.59. The quantitative estimate of drug-likeness (QED) is 0.870. The smallest absolute Gasteiger partial charge is 0.234 e. The van der Waals surface area contributed by atoms with E-state index in [1.807, 2.05) is 14.0 Å². The predicted molar refractivity (Wildman–Crippen MR) is 71.5 cm³/mol. The molecule has 2 aromatic rings. The van der Waals surface area contributed by atoms with Crippen LogP contribution in [0.3, 0.4) is 0 Å². The van der Waals surface area contributed by atoms with Gasteiger partial charge in [0, 0.05) is 12.7 Å². The Hall–Kier alpha value is -1.89. The molecule has 7 heteroatoms. The van der Waals surface area contributed by atoms with Gasteiger partial charge in [-0.1, -0.05) is 17.8 Å². The van der Waals surface area contributed by atoms with E-state index in [2.05, 4.69) is 15.5 Å². The molecule has 0 aliphatic carbocycles. The van der Waals surface area contributed by atoms with Crippen LogP contribution in [0.5, 0.6) is 0 Å². The highest BCUT2D eigenvalue weighted by Crippen LogP contribution is 2.16. The van der Waals surface area contributed by atoms with Gasteiger partial charge in [-0.05, 0) is 25.1 Å². The van der Waals surface area contributed by atoms with E-state index in [1.165, 1.54) is 23.9 Å². The summed E-state index contributed by atoms with van der Waals surface area (Å²) >= 11 is 1.28. The van der Waals surface area contributed by atoms with Gasteiger partial charge in [0.1, 0.15) is 11.6 Å². The summed E-state index contributed by atoms with van der Waals surface area (Å²) < 4.78 is 14.8. The number of benzene rings is 1. The molecule has 0 spiro atoms. The second-order valence-corrected chi connectivity index (χ2v) is 4.88. The van der Waals surface area contributed by atoms with Crippen molar-refractivity contribution in [2.45, 2.75) is 12.1 Å². The van der Waals surface area contributed by atoms with Crippen LogP contribution < -0.4 is 5.32 Å². The molecule has 0 saturated heterocycles. The third kappa shape index (κ3) is 3.54. The van der Waals surface area contributed by atoms with Crippen LogP contribution in [0.25, 0.3) is 0 Å². The average molecular weight is 280 g/mol. The van der Waals surface area contributed by atoms with E-state index in [9.17, 15) is 9.18 Å². The van der Waals surface area contributed by atoms with Gasteiger partial charge in [0.2, 0.25) is 5.91 Å². The number of anilines is 1. The number of rotatable bonds is 4. The molecule has 2 rings (SSSR count). The average Bonchev–Trinajstić information content (AvgIpc) is 2.68. The lowest BCUT2D eigenvalue weighted by Crippen LogP contribution is -2.14. The van der Waals surface area contributed by atoms with Gasteiger partial charge in [-0.3, -0.25) is 4.79 Å². The Balaban J connectivity index is 1.90. The van der Waals surface area contributed by atoms with Crippen molar-refractivity contribution in [2.24, 2.45) is 7.05 Å². The van der Waals surface area contributed by atoms with Gasteiger partial charge in [0.15, 0.2) is 5.16 Å². The van der Waals surface area contributed by atoms with Gasteiger partial charge < -0.3 is 9.88 Å². The molecule has 0 aliphatic rings. The van der Waals surface area contributed by atoms with Crippen LogP contribution in [0.4, 0.5) is 10.1 Å². The van der Waals surface area contributed by atoms with Crippen molar-refractivity contribution in [3.63, 3.8) is 0 Å². The molecule has 1 N–H and O–H groups in total. The number of nitrogens with zero attached hydrogens (tertiary/aromatic N) is 3. The number of hydrogen-bond acceptors (Lipinski definition) is 4. The van der Waals surface area contributed by atoms with E-state index >= 15 is 0 Å². The van der Waals surface area contributed by atoms with Crippen LogP contribution in [0.2, 0.25) is 0 Å². The summed E-state index contributed by atoms with van der Waals surface area (Å²) in [5.41, 5.74) is 0.444. The lowest BCUT2D eigenvalue weighted by Gasteiger charge is -2.05. The monoisotopic (exact) mass is 280 g/mol. The molecule has 100 valence electrons. The van der Waals surface area contributed by atoms with E-state index in [1.54, 1.807) is 16.7 Å². The molecule has 0 bridgehead atoms. The number of aryl methyl sites for hydroxylation is 1. The fraction of sp³-hybridized carbons (Fsp3) is 0.250. The second-order valence-electron chi connectivity index (χ2n) is 3.94. The molecule has 0 aliphatic heterocycles. The number of thioether (sulfide) groups is 1. The predicted octanol–water partition coefficient (Wildman–Crippen LogP) is 1.99. The van der Waals surface area contributed by atoms with Crippen LogP contribution in [-0.2, 0) is 11.8 Å². The van der Waals surface area contributed by atoms with E-state index in [0.717, 1.165) is 5.82 Å². The Bertz CT molecular complexity index is 599. The summed E-state index contributed by atoms with van der Waals surface area (Å²) in [4.78, 5) is 11.7. The molecule has 1 amide bonds. The van der Waals surface area contributed by atoms with Gasteiger partial charge in [-0.15, -0.1) is 10.2 Å². The Labute approximate surface area is 114 Å². The molecule has 0 unspecified atom stereocenters. The molecule has 0 saturated carbocycles. The maximum atomic E-state index is 12.9. The van der Waals surface area contributed by atoms with Gasteiger partial charge in [0.25, 0.3) is 0 Å². The molecule has 19 heavy (non-hydrogen) atoms. The normalized spacial score (nSPS) is 10.5. The van der Waals surface area contributed by atoms with Crippen molar-refractivity contribution in [1.82, 2.24) is 14.8 Å². The van der Waals surface area contributed by atoms with Crippen LogP contribution >= 0.6 is 11.8 Å². The van der Waals surface area contributed by atoms with Gasteiger partial charge in [-0.25, -0.2) is 4.39 Å². The minimum Gasteiger partial charge on any atom is -0.325 e. The highest BCUT2D eigenvalue weighted by Gasteiger charge is 2.09. The molecule has 1 aromatic carbocycles. The third-order valence-electron chi connectivity index (χ3n) is 2.49. The zero-order valence-corrected chi connectivity index (χ0v) is 11.4. The topological polar surface area (TPSA) is 59.8 Å². The van der Waals surface area contributed by atoms with Crippen molar-refractivity contribution in [1.29, 1.82) is 0 Å². The van der Waals surface area contributed by atoms with E-state index < -0.39 is 0 Å². The Kier molecular flexibility index (Phi) is 4.16. The van der Waals surface area contributed by atoms with Gasteiger partial charge >= 0.3 is 0 Å². The molecular formula is C12H13FN4OS. The van der Waals surface area contributed by atoms with Crippen molar-refractivity contribution < 1.29 is 9.18 Å². The lowest BCUT2D eigenvalue weighted by atomic mass is 10.3. The summed E-state index contributed by atoms with van der Waals surface area (Å²) in [6.45, 7) is 1.84. The zero-order chi connectivity index (χ0) is 13.8. The van der Waals surface area contributed by atoms with Crippen molar-refractivity contribution in [3.05, 3.63) is 35.9 Å². The number of nitrogens with one attached hydrogen (secondary N) is 1. The molecule has 0 radical (unpaired) electrons. The third-order valence-corrected chi connectivity index (χ3v) is 3.51. The van der Waals surface area contributed by atoms with Crippen molar-refractivity contribution >= 4 is 23.4 Å². The maximum absolute atomic E-state index is 12.9. The fourth-order valence-corrected chi connectivity index (χ4v) is 2.16. The number of halogens is 1. The Morgan fingerprint density at radius 3 is 2.89 bits per heavy atom. The van der Waals surface area contributed by atoms with Crippen molar-refractivity contribution in [2.75, 3.05) is 11.1 Å². The summed E-state index contributed by atoms with van der Waals surface area (Å²) in [6, 6.07) is 5.78. The van der Waals surface area contributed by atoms with Crippen LogP contribution in [0.1, 0.15) is 5.82 Å². The molecule has 1 aromatic heterocycles. The molecular weight excluding hydrogens is 267 g/mol. The number of amides is 1. The SMILES string of the molecule is Cc1nnc(SCC(=O)Nc2cccc(F)c2)n1C. The molecule has 0 fully saturated rings. The first kappa shape index (κ1) is 13.5. The summed E-state index contributed by atoms with van der Waals surface area (Å²) in [6.07, 6.45) is 0. The van der Waals surface area contributed by atoms with E-state index in [0.29, 0.717) is 10.8 Å². The Morgan fingerprint density at radius 2 is 2.26 bits per heavy atom. The van der Waals surface area contributed by atoms with Crippen LogP contribution in [0, 0.1) is 12.7 Å². The Morgan fingerprint density at radius 1 is 1.47 bits per heavy atom. The van der Waals surface area contributed by atoms with Crippen LogP contribution in [0.15, 0.2) is 29.4 Å². The van der Waals surface area contributed by atoms with Crippen molar-refractivity contribution in [3.8, 4) is 0 Å². The van der Waals surface area contributed by atoms with E-state index in [4.69, 9.17) is 0 Å². The number of hydrogen-bond donors (Lipinski definition) is 1. The highest BCUT2D eigenvalue weighted by atomic mass is 32.2. The summed E-state index contributed by atoms with van der Waals surface area (Å²) in [5, 5.41) is 11.1. The number of aromatic nitrogens is 3. The largest absolute Gasteiger partial charge is 0.325 e. The fourth-order valence-electron chi connectivity index (χ4n) is 1.41. The maximum Gasteiger partial charge on any atom is 0.234 e. The second kappa shape index (κ2) is 5.83. The van der Waals surface area contributed by atoms with Crippen LogP contribution in [-0.4, -0.2) is 26.4 Å². The zero-order valence-electron chi connectivity index (χ0n) is 10.6. The first-order valence-electron chi connectivity index (χ1n) is 5.60. The summed E-state index contributed by atoms with van der Waals surface area (Å²) in [5.74, 6) is 0.390. The van der Waals surface area contributed by atoms with E-state index in [-0.39, 0.29) is 17.5 Å². The standard InChI is InChI=1S/C12H13FN4OS/c1-8-15-16-12(17(8)2)19-7-11(18)14-10-5-3-4-9(13)6-10/h3-6H,7H2,1-2H3,(H,14,18). The van der Waals surface area contributed by atoms with Gasteiger partial charge in [-0.2, -0.15) is 0 Å². The highest BCUT2D eigenvalue weighted by molar-refractivity contribution is 7.99. The first-order chi connectivity index (χ1) is 9.06. The minimum atomic E-state index is -0.380. The van der Waals surface area contributed by atoms with Gasteiger partial charge in [0.05, 0.1) is 5.75 Å². The number of carbonyl (C=O) groups excluding carboxylic acids is 1. The minimum absolute atomic E-state index is 0.197. The molecule has 0 atom stereocenters. The molecule has 1 heterocycles. The lowest BCUT2D eigenvalue weighted by molar-refractivity contribution is -0.113. The molecule has 5 nitrogen and oxygen atoms in total.